The van der Waals surface area contributed by atoms with Crippen LogP contribution in [-0.4, -0.2) is 13.1 Å². The number of hydrogen-bond acceptors (Lipinski definition) is 2. The van der Waals surface area contributed by atoms with E-state index in [1.54, 1.807) is 0 Å². The Morgan fingerprint density at radius 1 is 1.05 bits per heavy atom. The molecule has 0 aliphatic heterocycles. The normalized spacial score (nSPS) is 20.9. The van der Waals surface area contributed by atoms with Gasteiger partial charge in [-0.05, 0) is 23.1 Å². The maximum atomic E-state index is 12.0. The summed E-state index contributed by atoms with van der Waals surface area (Å²) in [6, 6.07) is 18.5. The lowest BCUT2D eigenvalue weighted by Gasteiger charge is -2.19. The van der Waals surface area contributed by atoms with E-state index >= 15 is 0 Å². The van der Waals surface area contributed by atoms with Gasteiger partial charge >= 0.3 is 5.97 Å². The molecule has 0 N–H and O–H groups in total. The van der Waals surface area contributed by atoms with E-state index in [4.69, 9.17) is 4.74 Å². The molecule has 0 saturated carbocycles. The molecule has 2 heteroatoms. The van der Waals surface area contributed by atoms with Crippen LogP contribution in [0.3, 0.4) is 0 Å². The quantitative estimate of drug-likeness (QED) is 0.767. The van der Waals surface area contributed by atoms with E-state index in [-0.39, 0.29) is 17.8 Å². The minimum absolute atomic E-state index is 0.107. The summed E-state index contributed by atoms with van der Waals surface area (Å²) in [6.07, 6.45) is 0.766. The fourth-order valence-corrected chi connectivity index (χ4v) is 3.04. The van der Waals surface area contributed by atoms with Crippen molar-refractivity contribution in [3.63, 3.8) is 0 Å². The minimum atomic E-state index is -0.120. The van der Waals surface area contributed by atoms with Gasteiger partial charge in [0.05, 0.1) is 13.0 Å². The first-order valence-electron chi connectivity index (χ1n) is 6.52. The van der Waals surface area contributed by atoms with Gasteiger partial charge in [0.15, 0.2) is 0 Å². The number of esters is 1. The molecule has 1 aliphatic rings. The zero-order valence-electron chi connectivity index (χ0n) is 10.9. The average molecular weight is 252 g/mol. The summed E-state index contributed by atoms with van der Waals surface area (Å²) in [4.78, 5) is 12.0. The molecule has 19 heavy (non-hydrogen) atoms. The van der Waals surface area contributed by atoms with Crippen molar-refractivity contribution in [2.24, 2.45) is 5.92 Å². The number of fused-ring (bicyclic) bond motifs is 1. The molecule has 0 fully saturated rings. The average Bonchev–Trinajstić information content (AvgIpc) is 2.86. The predicted octanol–water partition coefficient (Wildman–Crippen LogP) is 3.16. The molecule has 0 bridgehead atoms. The standard InChI is InChI=1S/C17H16O2/c1-19-17(18)15-11-13-9-5-6-10-14(13)16(15)12-7-3-2-4-8-12/h2-10,15-16H,11H2,1H3/t15-,16+/m0/s1. The fraction of sp³-hybridized carbons (Fsp3) is 0.235. The van der Waals surface area contributed by atoms with Crippen LogP contribution < -0.4 is 0 Å². The summed E-state index contributed by atoms with van der Waals surface area (Å²) in [7, 11) is 1.47. The summed E-state index contributed by atoms with van der Waals surface area (Å²) in [5, 5.41) is 0. The van der Waals surface area contributed by atoms with Gasteiger partial charge in [-0.3, -0.25) is 4.79 Å². The number of benzene rings is 2. The molecule has 3 rings (SSSR count). The Balaban J connectivity index is 2.08. The van der Waals surface area contributed by atoms with Crippen molar-refractivity contribution in [2.75, 3.05) is 7.11 Å². The summed E-state index contributed by atoms with van der Waals surface area (Å²) in [5.41, 5.74) is 3.69. The lowest BCUT2D eigenvalue weighted by Crippen LogP contribution is -2.21. The minimum Gasteiger partial charge on any atom is -0.469 e. The molecule has 0 aromatic heterocycles. The lowest BCUT2D eigenvalue weighted by molar-refractivity contribution is -0.145. The van der Waals surface area contributed by atoms with Gasteiger partial charge in [-0.1, -0.05) is 54.6 Å². The van der Waals surface area contributed by atoms with Crippen LogP contribution in [0.25, 0.3) is 0 Å². The molecule has 0 amide bonds. The predicted molar refractivity (Wildman–Crippen MR) is 73.9 cm³/mol. The lowest BCUT2D eigenvalue weighted by atomic mass is 9.86. The van der Waals surface area contributed by atoms with Gasteiger partial charge in [0.1, 0.15) is 0 Å². The highest BCUT2D eigenvalue weighted by atomic mass is 16.5. The molecule has 0 saturated heterocycles. The van der Waals surface area contributed by atoms with E-state index in [0.29, 0.717) is 0 Å². The Morgan fingerprint density at radius 2 is 1.74 bits per heavy atom. The number of rotatable bonds is 2. The van der Waals surface area contributed by atoms with Gasteiger partial charge in [0.2, 0.25) is 0 Å². The van der Waals surface area contributed by atoms with Gasteiger partial charge in [-0.25, -0.2) is 0 Å². The third-order valence-corrected chi connectivity index (χ3v) is 3.89. The van der Waals surface area contributed by atoms with E-state index in [0.717, 1.165) is 6.42 Å². The molecule has 2 aromatic carbocycles. The molecule has 2 nitrogen and oxygen atoms in total. The highest BCUT2D eigenvalue weighted by Gasteiger charge is 2.38. The van der Waals surface area contributed by atoms with Crippen molar-refractivity contribution in [3.05, 3.63) is 71.3 Å². The number of carbonyl (C=O) groups excluding carboxylic acids is 1. The van der Waals surface area contributed by atoms with E-state index in [1.807, 2.05) is 30.3 Å². The molecule has 2 atom stereocenters. The third-order valence-electron chi connectivity index (χ3n) is 3.89. The Hall–Kier alpha value is -2.09. The molecule has 2 aromatic rings. The first kappa shape index (κ1) is 12.0. The van der Waals surface area contributed by atoms with Crippen molar-refractivity contribution in [1.29, 1.82) is 0 Å². The fourth-order valence-electron chi connectivity index (χ4n) is 3.04. The van der Waals surface area contributed by atoms with Gasteiger partial charge in [0.25, 0.3) is 0 Å². The van der Waals surface area contributed by atoms with Crippen LogP contribution in [0.5, 0.6) is 0 Å². The van der Waals surface area contributed by atoms with Gasteiger partial charge in [-0.15, -0.1) is 0 Å². The van der Waals surface area contributed by atoms with Crippen molar-refractivity contribution >= 4 is 5.97 Å². The van der Waals surface area contributed by atoms with Gasteiger partial charge in [-0.2, -0.15) is 0 Å². The molecular formula is C17H16O2. The molecule has 1 aliphatic carbocycles. The molecule has 96 valence electrons. The molecule has 0 spiro atoms. The van der Waals surface area contributed by atoms with E-state index in [9.17, 15) is 4.79 Å². The largest absolute Gasteiger partial charge is 0.469 e. The zero-order chi connectivity index (χ0) is 13.2. The maximum absolute atomic E-state index is 12.0. The highest BCUT2D eigenvalue weighted by Crippen LogP contribution is 2.42. The third kappa shape index (κ3) is 2.03. The van der Waals surface area contributed by atoms with Crippen LogP contribution in [0.2, 0.25) is 0 Å². The Labute approximate surface area is 113 Å². The van der Waals surface area contributed by atoms with Crippen LogP contribution in [0.15, 0.2) is 54.6 Å². The maximum Gasteiger partial charge on any atom is 0.309 e. The number of hydrogen-bond donors (Lipinski definition) is 0. The van der Waals surface area contributed by atoms with Gasteiger partial charge in [0, 0.05) is 5.92 Å². The second kappa shape index (κ2) is 4.88. The second-order valence-corrected chi connectivity index (χ2v) is 4.92. The van der Waals surface area contributed by atoms with Crippen molar-refractivity contribution < 1.29 is 9.53 Å². The second-order valence-electron chi connectivity index (χ2n) is 4.92. The summed E-state index contributed by atoms with van der Waals surface area (Å²) in [5.74, 6) is -0.111. The number of carbonyl (C=O) groups is 1. The van der Waals surface area contributed by atoms with Crippen molar-refractivity contribution in [2.45, 2.75) is 12.3 Å². The van der Waals surface area contributed by atoms with Crippen LogP contribution in [0, 0.1) is 5.92 Å². The zero-order valence-corrected chi connectivity index (χ0v) is 10.9. The van der Waals surface area contributed by atoms with Gasteiger partial charge < -0.3 is 4.74 Å². The Morgan fingerprint density at radius 3 is 2.47 bits per heavy atom. The SMILES string of the molecule is COC(=O)[C@H]1Cc2ccccc2[C@H]1c1ccccc1. The van der Waals surface area contributed by atoms with Crippen LogP contribution in [0.1, 0.15) is 22.6 Å². The molecule has 0 radical (unpaired) electrons. The highest BCUT2D eigenvalue weighted by molar-refractivity contribution is 5.76. The van der Waals surface area contributed by atoms with Crippen LogP contribution in [0.4, 0.5) is 0 Å². The summed E-state index contributed by atoms with van der Waals surface area (Å²) < 4.78 is 4.98. The summed E-state index contributed by atoms with van der Waals surface area (Å²) >= 11 is 0. The van der Waals surface area contributed by atoms with E-state index in [2.05, 4.69) is 24.3 Å². The van der Waals surface area contributed by atoms with Crippen LogP contribution >= 0.6 is 0 Å². The van der Waals surface area contributed by atoms with Crippen LogP contribution in [-0.2, 0) is 16.0 Å². The first-order chi connectivity index (χ1) is 9.31. The monoisotopic (exact) mass is 252 g/mol. The van der Waals surface area contributed by atoms with E-state index in [1.165, 1.54) is 23.8 Å². The molecular weight excluding hydrogens is 236 g/mol. The topological polar surface area (TPSA) is 26.3 Å². The summed E-state index contributed by atoms with van der Waals surface area (Å²) in [6.45, 7) is 0. The van der Waals surface area contributed by atoms with E-state index < -0.39 is 0 Å². The first-order valence-corrected chi connectivity index (χ1v) is 6.52. The molecule has 0 unspecified atom stereocenters. The Bertz CT molecular complexity index is 589. The molecule has 0 heterocycles. The number of ether oxygens (including phenoxy) is 1. The van der Waals surface area contributed by atoms with Crippen molar-refractivity contribution in [3.8, 4) is 0 Å². The van der Waals surface area contributed by atoms with Crippen molar-refractivity contribution in [1.82, 2.24) is 0 Å². The number of methoxy groups -OCH3 is 1. The Kier molecular flexibility index (Phi) is 3.08. The smallest absolute Gasteiger partial charge is 0.309 e.